The molecule has 0 atom stereocenters. The van der Waals surface area contributed by atoms with Crippen molar-refractivity contribution < 1.29 is 9.53 Å². The van der Waals surface area contributed by atoms with Crippen LogP contribution in [0.4, 0.5) is 5.69 Å². The van der Waals surface area contributed by atoms with Crippen molar-refractivity contribution in [3.63, 3.8) is 0 Å². The van der Waals surface area contributed by atoms with Crippen LogP contribution in [-0.2, 0) is 0 Å². The van der Waals surface area contributed by atoms with E-state index in [9.17, 15) is 4.79 Å². The smallest absolute Gasteiger partial charge is 0.187 e. The van der Waals surface area contributed by atoms with E-state index >= 15 is 0 Å². The standard InChI is InChI=1S/C19H21NO2/c1-3-13-22-19-12-8-7-11-17(19)20-15(2)14-18(21)16-9-5-4-6-10-16/h4-12,14,20H,3,13H2,1-2H3/b15-14-. The van der Waals surface area contributed by atoms with Gasteiger partial charge in [-0.15, -0.1) is 0 Å². The van der Waals surface area contributed by atoms with Gasteiger partial charge in [-0.2, -0.15) is 0 Å². The average molecular weight is 295 g/mol. The molecule has 0 aliphatic carbocycles. The summed E-state index contributed by atoms with van der Waals surface area (Å²) in [6.45, 7) is 4.61. The molecule has 0 saturated heterocycles. The number of anilines is 1. The van der Waals surface area contributed by atoms with E-state index in [2.05, 4.69) is 12.2 Å². The zero-order chi connectivity index (χ0) is 15.8. The predicted molar refractivity (Wildman–Crippen MR) is 90.4 cm³/mol. The predicted octanol–water partition coefficient (Wildman–Crippen LogP) is 4.67. The second-order valence-electron chi connectivity index (χ2n) is 5.03. The first-order valence-corrected chi connectivity index (χ1v) is 7.47. The number of para-hydroxylation sites is 2. The second kappa shape index (κ2) is 8.03. The van der Waals surface area contributed by atoms with Gasteiger partial charge in [-0.05, 0) is 25.5 Å². The van der Waals surface area contributed by atoms with Crippen LogP contribution in [0.25, 0.3) is 0 Å². The van der Waals surface area contributed by atoms with Gasteiger partial charge in [0.1, 0.15) is 5.75 Å². The fourth-order valence-corrected chi connectivity index (χ4v) is 2.04. The number of ether oxygens (including phenoxy) is 1. The van der Waals surface area contributed by atoms with E-state index < -0.39 is 0 Å². The van der Waals surface area contributed by atoms with Gasteiger partial charge < -0.3 is 10.1 Å². The Morgan fingerprint density at radius 3 is 2.50 bits per heavy atom. The SMILES string of the molecule is CCCOc1ccccc1N/C(C)=C\C(=O)c1ccccc1. The van der Waals surface area contributed by atoms with E-state index in [0.29, 0.717) is 12.2 Å². The molecule has 0 fully saturated rings. The molecule has 0 aliphatic heterocycles. The van der Waals surface area contributed by atoms with Gasteiger partial charge in [0.15, 0.2) is 5.78 Å². The highest BCUT2D eigenvalue weighted by molar-refractivity contribution is 6.05. The Morgan fingerprint density at radius 1 is 1.09 bits per heavy atom. The molecule has 0 radical (unpaired) electrons. The number of allylic oxidation sites excluding steroid dienone is 2. The van der Waals surface area contributed by atoms with E-state index in [1.54, 1.807) is 6.08 Å². The molecule has 3 heteroatoms. The minimum Gasteiger partial charge on any atom is -0.491 e. The summed E-state index contributed by atoms with van der Waals surface area (Å²) in [5.74, 6) is 0.779. The summed E-state index contributed by atoms with van der Waals surface area (Å²) in [6.07, 6.45) is 2.56. The summed E-state index contributed by atoms with van der Waals surface area (Å²) < 4.78 is 5.70. The van der Waals surface area contributed by atoms with Crippen molar-refractivity contribution in [2.24, 2.45) is 0 Å². The Morgan fingerprint density at radius 2 is 1.77 bits per heavy atom. The molecule has 1 N–H and O–H groups in total. The van der Waals surface area contributed by atoms with Crippen LogP contribution in [0.1, 0.15) is 30.6 Å². The summed E-state index contributed by atoms with van der Waals surface area (Å²) in [5, 5.41) is 3.24. The van der Waals surface area contributed by atoms with Crippen molar-refractivity contribution in [3.8, 4) is 5.75 Å². The van der Waals surface area contributed by atoms with Crippen molar-refractivity contribution in [1.29, 1.82) is 0 Å². The first kappa shape index (κ1) is 15.8. The lowest BCUT2D eigenvalue weighted by molar-refractivity contribution is 0.104. The van der Waals surface area contributed by atoms with Crippen LogP contribution in [0.2, 0.25) is 0 Å². The maximum atomic E-state index is 12.2. The fraction of sp³-hybridized carbons (Fsp3) is 0.211. The van der Waals surface area contributed by atoms with Crippen LogP contribution in [-0.4, -0.2) is 12.4 Å². The number of hydrogen-bond acceptors (Lipinski definition) is 3. The summed E-state index contributed by atoms with van der Waals surface area (Å²) in [4.78, 5) is 12.2. The molecule has 2 aromatic carbocycles. The van der Waals surface area contributed by atoms with Crippen LogP contribution in [0.15, 0.2) is 66.4 Å². The highest BCUT2D eigenvalue weighted by atomic mass is 16.5. The maximum Gasteiger partial charge on any atom is 0.187 e. The van der Waals surface area contributed by atoms with E-state index in [0.717, 1.165) is 23.6 Å². The summed E-state index contributed by atoms with van der Waals surface area (Å²) >= 11 is 0. The van der Waals surface area contributed by atoms with Crippen LogP contribution >= 0.6 is 0 Å². The van der Waals surface area contributed by atoms with Crippen molar-refractivity contribution in [1.82, 2.24) is 0 Å². The normalized spacial score (nSPS) is 11.1. The Hall–Kier alpha value is -2.55. The van der Waals surface area contributed by atoms with Crippen molar-refractivity contribution >= 4 is 11.5 Å². The van der Waals surface area contributed by atoms with Crippen LogP contribution in [0, 0.1) is 0 Å². The molecule has 3 nitrogen and oxygen atoms in total. The number of benzene rings is 2. The Labute approximate surface area is 131 Å². The summed E-state index contributed by atoms with van der Waals surface area (Å²) in [5.41, 5.74) is 2.33. The minimum atomic E-state index is -0.0162. The lowest BCUT2D eigenvalue weighted by Gasteiger charge is -2.13. The van der Waals surface area contributed by atoms with Gasteiger partial charge in [0, 0.05) is 17.3 Å². The highest BCUT2D eigenvalue weighted by Gasteiger charge is 2.05. The molecule has 22 heavy (non-hydrogen) atoms. The van der Waals surface area contributed by atoms with E-state index in [1.165, 1.54) is 0 Å². The summed E-state index contributed by atoms with van der Waals surface area (Å²) in [7, 11) is 0. The van der Waals surface area contributed by atoms with Crippen molar-refractivity contribution in [2.45, 2.75) is 20.3 Å². The lowest BCUT2D eigenvalue weighted by Crippen LogP contribution is -2.04. The first-order valence-electron chi connectivity index (χ1n) is 7.47. The Kier molecular flexibility index (Phi) is 5.78. The lowest BCUT2D eigenvalue weighted by atomic mass is 10.1. The Bertz CT molecular complexity index is 647. The molecule has 0 bridgehead atoms. The molecule has 2 aromatic rings. The monoisotopic (exact) mass is 295 g/mol. The number of carbonyl (C=O) groups is 1. The van der Waals surface area contributed by atoms with Gasteiger partial charge >= 0.3 is 0 Å². The van der Waals surface area contributed by atoms with Crippen LogP contribution in [0.5, 0.6) is 5.75 Å². The quantitative estimate of drug-likeness (QED) is 0.595. The molecule has 114 valence electrons. The topological polar surface area (TPSA) is 38.3 Å². The van der Waals surface area contributed by atoms with Crippen LogP contribution in [0.3, 0.4) is 0 Å². The number of carbonyl (C=O) groups excluding carboxylic acids is 1. The third-order valence-corrected chi connectivity index (χ3v) is 3.09. The second-order valence-corrected chi connectivity index (χ2v) is 5.03. The molecule has 0 heterocycles. The Balaban J connectivity index is 2.10. The van der Waals surface area contributed by atoms with Gasteiger partial charge in [-0.1, -0.05) is 49.4 Å². The van der Waals surface area contributed by atoms with Crippen molar-refractivity contribution in [2.75, 3.05) is 11.9 Å². The van der Waals surface area contributed by atoms with Gasteiger partial charge in [-0.25, -0.2) is 0 Å². The zero-order valence-electron chi connectivity index (χ0n) is 13.0. The van der Waals surface area contributed by atoms with Crippen LogP contribution < -0.4 is 10.1 Å². The third kappa shape index (κ3) is 4.48. The number of hydrogen-bond donors (Lipinski definition) is 1. The zero-order valence-corrected chi connectivity index (χ0v) is 13.0. The van der Waals surface area contributed by atoms with Gasteiger partial charge in [-0.3, -0.25) is 4.79 Å². The number of ketones is 1. The van der Waals surface area contributed by atoms with E-state index in [1.807, 2.05) is 61.5 Å². The molecular weight excluding hydrogens is 274 g/mol. The largest absolute Gasteiger partial charge is 0.491 e. The van der Waals surface area contributed by atoms with E-state index in [4.69, 9.17) is 4.74 Å². The molecule has 0 saturated carbocycles. The number of rotatable bonds is 7. The fourth-order valence-electron chi connectivity index (χ4n) is 2.04. The molecule has 2 rings (SSSR count). The highest BCUT2D eigenvalue weighted by Crippen LogP contribution is 2.25. The molecule has 0 amide bonds. The number of nitrogens with one attached hydrogen (secondary N) is 1. The van der Waals surface area contributed by atoms with E-state index in [-0.39, 0.29) is 5.78 Å². The molecule has 0 unspecified atom stereocenters. The molecule has 0 aliphatic rings. The third-order valence-electron chi connectivity index (χ3n) is 3.09. The minimum absolute atomic E-state index is 0.0162. The van der Waals surface area contributed by atoms with Crippen molar-refractivity contribution in [3.05, 3.63) is 71.9 Å². The molecule has 0 spiro atoms. The molecular formula is C19H21NO2. The molecule has 0 aromatic heterocycles. The summed E-state index contributed by atoms with van der Waals surface area (Å²) in [6, 6.07) is 17.0. The maximum absolute atomic E-state index is 12.2. The average Bonchev–Trinajstić information content (AvgIpc) is 2.54. The van der Waals surface area contributed by atoms with Gasteiger partial charge in [0.25, 0.3) is 0 Å². The van der Waals surface area contributed by atoms with Gasteiger partial charge in [0.2, 0.25) is 0 Å². The first-order chi connectivity index (χ1) is 10.7. The van der Waals surface area contributed by atoms with Gasteiger partial charge in [0.05, 0.1) is 12.3 Å².